The number of nitro benzene ring substituents is 1. The Labute approximate surface area is 137 Å². The summed E-state index contributed by atoms with van der Waals surface area (Å²) in [6.45, 7) is 0. The molecule has 1 amide bonds. The van der Waals surface area contributed by atoms with Crippen LogP contribution < -0.4 is 0 Å². The van der Waals surface area contributed by atoms with Crippen LogP contribution in [0.4, 0.5) is 18.9 Å². The minimum Gasteiger partial charge on any atom is -0.293 e. The van der Waals surface area contributed by atoms with Crippen LogP contribution in [0.25, 0.3) is 0 Å². The molecular formula is C14H9F3N2O6. The monoisotopic (exact) mass is 358 g/mol. The van der Waals surface area contributed by atoms with Gasteiger partial charge in [-0.1, -0.05) is 0 Å². The molecule has 0 spiro atoms. The predicted molar refractivity (Wildman–Crippen MR) is 73.9 cm³/mol. The molecule has 0 bridgehead atoms. The minimum absolute atomic E-state index is 0.176. The van der Waals surface area contributed by atoms with Gasteiger partial charge in [0.15, 0.2) is 17.5 Å². The molecule has 2 rings (SSSR count). The first-order valence-electron chi connectivity index (χ1n) is 6.57. The smallest absolute Gasteiger partial charge is 0.293 e. The highest BCUT2D eigenvalue weighted by Crippen LogP contribution is 2.34. The third-order valence-corrected chi connectivity index (χ3v) is 3.37. The number of hydrogen-bond donors (Lipinski definition) is 0. The highest BCUT2D eigenvalue weighted by molar-refractivity contribution is 6.27. The van der Waals surface area contributed by atoms with E-state index < -0.39 is 51.3 Å². The molecule has 0 aliphatic carbocycles. The number of Topliss-reactive ketones (excluding diaryl/α,β-unsaturated/α-hetero) is 1. The maximum absolute atomic E-state index is 12.7. The van der Waals surface area contributed by atoms with Gasteiger partial charge in [0.25, 0.3) is 11.6 Å². The average Bonchev–Trinajstić information content (AvgIpc) is 2.53. The van der Waals surface area contributed by atoms with Crippen molar-refractivity contribution in [3.05, 3.63) is 51.7 Å². The molecule has 8 nitrogen and oxygen atoms in total. The Bertz CT molecular complexity index is 802. The maximum atomic E-state index is 12.7. The highest BCUT2D eigenvalue weighted by atomic mass is 19.4. The molecule has 0 N–H and O–H groups in total. The second-order valence-corrected chi connectivity index (χ2v) is 4.85. The molecule has 1 aliphatic heterocycles. The molecule has 0 saturated carbocycles. The largest absolute Gasteiger partial charge is 0.416 e. The molecule has 0 aromatic heterocycles. The number of allylic oxidation sites excluding steroid dienone is 1. The van der Waals surface area contributed by atoms with Gasteiger partial charge in [0.2, 0.25) is 0 Å². The van der Waals surface area contributed by atoms with Crippen LogP contribution in [-0.2, 0) is 20.6 Å². The topological polar surface area (TPSA) is 107 Å². The van der Waals surface area contributed by atoms with Crippen LogP contribution in [0, 0.1) is 16.0 Å². The van der Waals surface area contributed by atoms with E-state index in [0.29, 0.717) is 17.2 Å². The fourth-order valence-corrected chi connectivity index (χ4v) is 2.17. The Morgan fingerprint density at radius 1 is 1.32 bits per heavy atom. The molecule has 1 heterocycles. The summed E-state index contributed by atoms with van der Waals surface area (Å²) in [6, 6.07) is 1.20. The van der Waals surface area contributed by atoms with Gasteiger partial charge in [0.1, 0.15) is 0 Å². The van der Waals surface area contributed by atoms with E-state index in [2.05, 4.69) is 4.84 Å². The normalized spacial score (nSPS) is 17.8. The maximum Gasteiger partial charge on any atom is 0.416 e. The fraction of sp³-hybridized carbons (Fsp3) is 0.214. The summed E-state index contributed by atoms with van der Waals surface area (Å²) in [6.07, 6.45) is -3.06. The van der Waals surface area contributed by atoms with Crippen molar-refractivity contribution in [2.45, 2.75) is 6.18 Å². The lowest BCUT2D eigenvalue weighted by atomic mass is 9.89. The molecule has 132 valence electrons. The SMILES string of the molecule is CON1C=CC(=O)C(C(=O)c2ccc(C(F)(F)F)cc2[N+](=O)[O-])C1=O. The van der Waals surface area contributed by atoms with E-state index in [1.54, 1.807) is 0 Å². The molecule has 0 saturated heterocycles. The van der Waals surface area contributed by atoms with Crippen molar-refractivity contribution in [2.75, 3.05) is 7.11 Å². The number of rotatable bonds is 4. The van der Waals surface area contributed by atoms with Crippen LogP contribution in [0.1, 0.15) is 15.9 Å². The van der Waals surface area contributed by atoms with Crippen molar-refractivity contribution in [1.29, 1.82) is 0 Å². The van der Waals surface area contributed by atoms with Crippen LogP contribution in [0.3, 0.4) is 0 Å². The van der Waals surface area contributed by atoms with Crippen LogP contribution in [0.2, 0.25) is 0 Å². The average molecular weight is 358 g/mol. The van der Waals surface area contributed by atoms with E-state index in [1.165, 1.54) is 0 Å². The van der Waals surface area contributed by atoms with Crippen molar-refractivity contribution in [3.8, 4) is 0 Å². The van der Waals surface area contributed by atoms with Crippen LogP contribution >= 0.6 is 0 Å². The van der Waals surface area contributed by atoms with Gasteiger partial charge in [-0.3, -0.25) is 29.3 Å². The minimum atomic E-state index is -4.86. The van der Waals surface area contributed by atoms with Crippen molar-refractivity contribution >= 4 is 23.2 Å². The summed E-state index contributed by atoms with van der Waals surface area (Å²) in [7, 11) is 1.08. The molecule has 0 radical (unpaired) electrons. The van der Waals surface area contributed by atoms with Gasteiger partial charge < -0.3 is 0 Å². The van der Waals surface area contributed by atoms with E-state index in [9.17, 15) is 37.7 Å². The third-order valence-electron chi connectivity index (χ3n) is 3.37. The predicted octanol–water partition coefficient (Wildman–Crippen LogP) is 1.90. The van der Waals surface area contributed by atoms with E-state index in [-0.39, 0.29) is 6.07 Å². The summed E-state index contributed by atoms with van der Waals surface area (Å²) < 4.78 is 38.1. The van der Waals surface area contributed by atoms with Gasteiger partial charge >= 0.3 is 6.18 Å². The number of ketones is 2. The Morgan fingerprint density at radius 3 is 2.48 bits per heavy atom. The van der Waals surface area contributed by atoms with Gasteiger partial charge in [-0.25, -0.2) is 0 Å². The molecule has 1 aromatic carbocycles. The second-order valence-electron chi connectivity index (χ2n) is 4.85. The summed E-state index contributed by atoms with van der Waals surface area (Å²) in [5.74, 6) is -5.33. The van der Waals surface area contributed by atoms with Crippen LogP contribution in [-0.4, -0.2) is 34.6 Å². The standard InChI is InChI=1S/C14H9F3N2O6/c1-25-18-5-4-10(20)11(13(18)22)12(21)8-3-2-7(14(15,16)17)6-9(8)19(23)24/h2-6,11H,1H3. The van der Waals surface area contributed by atoms with Crippen molar-refractivity contribution < 1.29 is 37.3 Å². The van der Waals surface area contributed by atoms with E-state index >= 15 is 0 Å². The number of benzene rings is 1. The fourth-order valence-electron chi connectivity index (χ4n) is 2.17. The number of hydroxylamine groups is 2. The molecule has 1 aromatic rings. The molecule has 1 unspecified atom stereocenters. The first kappa shape index (κ1) is 18.3. The molecule has 11 heteroatoms. The lowest BCUT2D eigenvalue weighted by molar-refractivity contribution is -0.385. The molecule has 0 fully saturated rings. The number of nitrogens with zero attached hydrogens (tertiary/aromatic N) is 2. The first-order valence-corrected chi connectivity index (χ1v) is 6.57. The van der Waals surface area contributed by atoms with Gasteiger partial charge in [-0.05, 0) is 12.1 Å². The molecule has 1 atom stereocenters. The quantitative estimate of drug-likeness (QED) is 0.352. The third kappa shape index (κ3) is 3.40. The number of carbonyl (C=O) groups excluding carboxylic acids is 3. The van der Waals surface area contributed by atoms with E-state index in [1.807, 2.05) is 0 Å². The molecule has 1 aliphatic rings. The Kier molecular flexibility index (Phi) is 4.70. The zero-order valence-corrected chi connectivity index (χ0v) is 12.4. The van der Waals surface area contributed by atoms with Gasteiger partial charge in [-0.2, -0.15) is 18.2 Å². The summed E-state index contributed by atoms with van der Waals surface area (Å²) in [5.41, 5.74) is -3.27. The highest BCUT2D eigenvalue weighted by Gasteiger charge is 2.42. The number of amides is 1. The number of alkyl halides is 3. The van der Waals surface area contributed by atoms with Crippen molar-refractivity contribution in [1.82, 2.24) is 5.06 Å². The van der Waals surface area contributed by atoms with Crippen molar-refractivity contribution in [2.24, 2.45) is 5.92 Å². The van der Waals surface area contributed by atoms with Gasteiger partial charge in [0.05, 0.1) is 23.2 Å². The number of hydrogen-bond acceptors (Lipinski definition) is 6. The zero-order valence-electron chi connectivity index (χ0n) is 12.4. The Hall–Kier alpha value is -3.08. The molecule has 25 heavy (non-hydrogen) atoms. The summed E-state index contributed by atoms with van der Waals surface area (Å²) >= 11 is 0. The van der Waals surface area contributed by atoms with Crippen LogP contribution in [0.15, 0.2) is 30.5 Å². The summed E-state index contributed by atoms with van der Waals surface area (Å²) in [5, 5.41) is 11.6. The first-order chi connectivity index (χ1) is 11.6. The lowest BCUT2D eigenvalue weighted by Crippen LogP contribution is -2.43. The number of nitro groups is 1. The summed E-state index contributed by atoms with van der Waals surface area (Å²) in [4.78, 5) is 50.8. The second kappa shape index (κ2) is 6.43. The van der Waals surface area contributed by atoms with E-state index in [4.69, 9.17) is 0 Å². The number of halogens is 3. The lowest BCUT2D eigenvalue weighted by Gasteiger charge is -2.23. The van der Waals surface area contributed by atoms with Gasteiger partial charge in [0, 0.05) is 18.3 Å². The Morgan fingerprint density at radius 2 is 1.96 bits per heavy atom. The van der Waals surface area contributed by atoms with Gasteiger partial charge in [-0.15, -0.1) is 0 Å². The zero-order chi connectivity index (χ0) is 18.9. The van der Waals surface area contributed by atoms with Crippen molar-refractivity contribution in [3.63, 3.8) is 0 Å². The van der Waals surface area contributed by atoms with E-state index in [0.717, 1.165) is 19.4 Å². The molecular weight excluding hydrogens is 349 g/mol. The number of carbonyl (C=O) groups is 3. The Balaban J connectivity index is 2.52. The van der Waals surface area contributed by atoms with Crippen LogP contribution in [0.5, 0.6) is 0 Å².